The van der Waals surface area contributed by atoms with E-state index in [1.807, 2.05) is 0 Å². The third-order valence-corrected chi connectivity index (χ3v) is 3.53. The normalized spacial score (nSPS) is 20.3. The van der Waals surface area contributed by atoms with E-state index in [-0.39, 0.29) is 0 Å². The van der Waals surface area contributed by atoms with Crippen LogP contribution in [0.25, 0.3) is 0 Å². The molecule has 15 heavy (non-hydrogen) atoms. The van der Waals surface area contributed by atoms with Crippen molar-refractivity contribution in [3.05, 3.63) is 17.0 Å². The first-order chi connectivity index (χ1) is 7.26. The molecule has 1 unspecified atom stereocenters. The first-order valence-electron chi connectivity index (χ1n) is 6.01. The standard InChI is InChI=1S/C12H21N3/c1-3-15-12-8-10(6-7-13)4-5-11(12)9(2)14-15/h10H,3-8,13H2,1-2H3. The maximum atomic E-state index is 5.63. The quantitative estimate of drug-likeness (QED) is 0.819. The van der Waals surface area contributed by atoms with Crippen LogP contribution in [0, 0.1) is 12.8 Å². The van der Waals surface area contributed by atoms with Crippen molar-refractivity contribution in [2.75, 3.05) is 6.54 Å². The average molecular weight is 207 g/mol. The minimum absolute atomic E-state index is 0.781. The second-order valence-electron chi connectivity index (χ2n) is 4.51. The summed E-state index contributed by atoms with van der Waals surface area (Å²) in [4.78, 5) is 0. The van der Waals surface area contributed by atoms with Gasteiger partial charge in [0.1, 0.15) is 0 Å². The lowest BCUT2D eigenvalue weighted by Crippen LogP contribution is -2.19. The van der Waals surface area contributed by atoms with E-state index in [1.165, 1.54) is 36.2 Å². The maximum absolute atomic E-state index is 5.63. The van der Waals surface area contributed by atoms with Crippen LogP contribution in [0.1, 0.15) is 36.7 Å². The van der Waals surface area contributed by atoms with E-state index in [4.69, 9.17) is 5.73 Å². The first kappa shape index (κ1) is 10.7. The fraction of sp³-hybridized carbons (Fsp3) is 0.750. The van der Waals surface area contributed by atoms with Crippen LogP contribution >= 0.6 is 0 Å². The van der Waals surface area contributed by atoms with Crippen LogP contribution < -0.4 is 5.73 Å². The largest absolute Gasteiger partial charge is 0.330 e. The van der Waals surface area contributed by atoms with Gasteiger partial charge in [0.25, 0.3) is 0 Å². The summed E-state index contributed by atoms with van der Waals surface area (Å²) in [7, 11) is 0. The first-order valence-corrected chi connectivity index (χ1v) is 6.01. The van der Waals surface area contributed by atoms with Gasteiger partial charge in [-0.2, -0.15) is 5.10 Å². The molecule has 0 aliphatic heterocycles. The van der Waals surface area contributed by atoms with E-state index >= 15 is 0 Å². The van der Waals surface area contributed by atoms with Crippen molar-refractivity contribution >= 4 is 0 Å². The van der Waals surface area contributed by atoms with Crippen LogP contribution in [0.5, 0.6) is 0 Å². The molecule has 2 rings (SSSR count). The van der Waals surface area contributed by atoms with Gasteiger partial charge in [0.05, 0.1) is 5.69 Å². The van der Waals surface area contributed by atoms with E-state index in [9.17, 15) is 0 Å². The van der Waals surface area contributed by atoms with Crippen molar-refractivity contribution in [2.24, 2.45) is 11.7 Å². The Labute approximate surface area is 91.7 Å². The second-order valence-corrected chi connectivity index (χ2v) is 4.51. The molecule has 0 radical (unpaired) electrons. The van der Waals surface area contributed by atoms with Gasteiger partial charge in [0.15, 0.2) is 0 Å². The highest BCUT2D eigenvalue weighted by Gasteiger charge is 2.23. The monoisotopic (exact) mass is 207 g/mol. The molecule has 1 aliphatic carbocycles. The molecule has 1 aromatic heterocycles. The SMILES string of the molecule is CCn1nc(C)c2c1CC(CCN)CC2. The number of hydrogen-bond donors (Lipinski definition) is 1. The highest BCUT2D eigenvalue weighted by Crippen LogP contribution is 2.29. The van der Waals surface area contributed by atoms with Gasteiger partial charge in [0.2, 0.25) is 0 Å². The number of rotatable bonds is 3. The molecule has 2 N–H and O–H groups in total. The Hall–Kier alpha value is -0.830. The molecular weight excluding hydrogens is 186 g/mol. The van der Waals surface area contributed by atoms with Gasteiger partial charge < -0.3 is 5.73 Å². The molecule has 1 aliphatic rings. The van der Waals surface area contributed by atoms with Crippen LogP contribution in [0.3, 0.4) is 0 Å². The van der Waals surface area contributed by atoms with E-state index in [0.29, 0.717) is 0 Å². The molecule has 84 valence electrons. The molecule has 0 amide bonds. The number of nitrogens with zero attached hydrogens (tertiary/aromatic N) is 2. The number of fused-ring (bicyclic) bond motifs is 1. The topological polar surface area (TPSA) is 43.8 Å². The van der Waals surface area contributed by atoms with Gasteiger partial charge in [-0.05, 0) is 57.6 Å². The fourth-order valence-electron chi connectivity index (χ4n) is 2.69. The predicted molar refractivity (Wildman–Crippen MR) is 61.8 cm³/mol. The molecule has 3 nitrogen and oxygen atoms in total. The number of aryl methyl sites for hydroxylation is 2. The third-order valence-electron chi connectivity index (χ3n) is 3.53. The number of aromatic nitrogens is 2. The third kappa shape index (κ3) is 1.93. The summed E-state index contributed by atoms with van der Waals surface area (Å²) in [6.45, 7) is 6.11. The van der Waals surface area contributed by atoms with E-state index < -0.39 is 0 Å². The number of hydrogen-bond acceptors (Lipinski definition) is 2. The highest BCUT2D eigenvalue weighted by molar-refractivity contribution is 5.28. The molecule has 0 saturated carbocycles. The molecule has 1 aromatic rings. The summed E-state index contributed by atoms with van der Waals surface area (Å²) in [5.74, 6) is 0.781. The Balaban J connectivity index is 2.23. The second kappa shape index (κ2) is 4.35. The summed E-state index contributed by atoms with van der Waals surface area (Å²) < 4.78 is 2.17. The van der Waals surface area contributed by atoms with Gasteiger partial charge in [0, 0.05) is 12.2 Å². The summed E-state index contributed by atoms with van der Waals surface area (Å²) in [6.07, 6.45) is 4.83. The molecule has 3 heteroatoms. The number of nitrogens with two attached hydrogens (primary N) is 1. The Morgan fingerprint density at radius 1 is 1.53 bits per heavy atom. The lowest BCUT2D eigenvalue weighted by atomic mass is 9.85. The van der Waals surface area contributed by atoms with Crippen molar-refractivity contribution in [1.29, 1.82) is 0 Å². The molecule has 0 saturated heterocycles. The Bertz CT molecular complexity index is 341. The summed E-state index contributed by atoms with van der Waals surface area (Å²) in [5.41, 5.74) is 9.84. The van der Waals surface area contributed by atoms with E-state index in [2.05, 4.69) is 23.6 Å². The van der Waals surface area contributed by atoms with Gasteiger partial charge in [-0.1, -0.05) is 0 Å². The summed E-state index contributed by atoms with van der Waals surface area (Å²) in [5, 5.41) is 4.59. The molecule has 1 atom stereocenters. The van der Waals surface area contributed by atoms with Crippen molar-refractivity contribution in [3.8, 4) is 0 Å². The minimum Gasteiger partial charge on any atom is -0.330 e. The van der Waals surface area contributed by atoms with E-state index in [1.54, 1.807) is 0 Å². The Kier molecular flexibility index (Phi) is 3.10. The molecule has 0 fully saturated rings. The summed E-state index contributed by atoms with van der Waals surface area (Å²) >= 11 is 0. The Morgan fingerprint density at radius 3 is 3.00 bits per heavy atom. The van der Waals surface area contributed by atoms with Gasteiger partial charge in [-0.15, -0.1) is 0 Å². The summed E-state index contributed by atoms with van der Waals surface area (Å²) in [6, 6.07) is 0. The van der Waals surface area contributed by atoms with Crippen LogP contribution in [-0.2, 0) is 19.4 Å². The molecule has 0 bridgehead atoms. The smallest absolute Gasteiger partial charge is 0.0628 e. The molecule has 1 heterocycles. The zero-order chi connectivity index (χ0) is 10.8. The van der Waals surface area contributed by atoms with Gasteiger partial charge in [-0.3, -0.25) is 4.68 Å². The lowest BCUT2D eigenvalue weighted by molar-refractivity contribution is 0.415. The average Bonchev–Trinajstić information content (AvgIpc) is 2.56. The highest BCUT2D eigenvalue weighted by atomic mass is 15.3. The minimum atomic E-state index is 0.781. The fourth-order valence-corrected chi connectivity index (χ4v) is 2.69. The van der Waals surface area contributed by atoms with Gasteiger partial charge in [-0.25, -0.2) is 0 Å². The van der Waals surface area contributed by atoms with Crippen LogP contribution in [-0.4, -0.2) is 16.3 Å². The van der Waals surface area contributed by atoms with Crippen LogP contribution in [0.2, 0.25) is 0 Å². The van der Waals surface area contributed by atoms with Crippen molar-refractivity contribution in [2.45, 2.75) is 46.1 Å². The maximum Gasteiger partial charge on any atom is 0.0628 e. The molecular formula is C12H21N3. The van der Waals surface area contributed by atoms with E-state index in [0.717, 1.165) is 25.4 Å². The van der Waals surface area contributed by atoms with Crippen LogP contribution in [0.15, 0.2) is 0 Å². The zero-order valence-electron chi connectivity index (χ0n) is 9.79. The molecule has 0 spiro atoms. The predicted octanol–water partition coefficient (Wildman–Crippen LogP) is 1.67. The van der Waals surface area contributed by atoms with Crippen LogP contribution in [0.4, 0.5) is 0 Å². The zero-order valence-corrected chi connectivity index (χ0v) is 9.79. The van der Waals surface area contributed by atoms with Crippen molar-refractivity contribution < 1.29 is 0 Å². The lowest BCUT2D eigenvalue weighted by Gasteiger charge is -2.22. The Morgan fingerprint density at radius 2 is 2.33 bits per heavy atom. The van der Waals surface area contributed by atoms with Crippen molar-refractivity contribution in [1.82, 2.24) is 9.78 Å². The van der Waals surface area contributed by atoms with Gasteiger partial charge >= 0.3 is 0 Å². The molecule has 0 aromatic carbocycles. The van der Waals surface area contributed by atoms with Crippen molar-refractivity contribution in [3.63, 3.8) is 0 Å².